The SMILES string of the molecule is COc1ccccc1CC(N)c1cc2c(s1)CCC2. The Morgan fingerprint density at radius 2 is 2.16 bits per heavy atom. The average molecular weight is 273 g/mol. The van der Waals surface area contributed by atoms with Crippen LogP contribution in [0.3, 0.4) is 0 Å². The van der Waals surface area contributed by atoms with Crippen molar-refractivity contribution in [2.75, 3.05) is 7.11 Å². The van der Waals surface area contributed by atoms with Gasteiger partial charge in [0.05, 0.1) is 7.11 Å². The summed E-state index contributed by atoms with van der Waals surface area (Å²) < 4.78 is 5.39. The Kier molecular flexibility index (Phi) is 3.58. The van der Waals surface area contributed by atoms with Crippen molar-refractivity contribution in [1.29, 1.82) is 0 Å². The highest BCUT2D eigenvalue weighted by Crippen LogP contribution is 2.34. The Bertz CT molecular complexity index is 554. The zero-order valence-corrected chi connectivity index (χ0v) is 12.0. The molecule has 1 aromatic carbocycles. The summed E-state index contributed by atoms with van der Waals surface area (Å²) in [6.45, 7) is 0. The van der Waals surface area contributed by atoms with Gasteiger partial charge in [-0.25, -0.2) is 0 Å². The monoisotopic (exact) mass is 273 g/mol. The van der Waals surface area contributed by atoms with Crippen molar-refractivity contribution in [2.24, 2.45) is 5.73 Å². The summed E-state index contributed by atoms with van der Waals surface area (Å²) in [5, 5.41) is 0. The number of aryl methyl sites for hydroxylation is 2. The van der Waals surface area contributed by atoms with Crippen LogP contribution < -0.4 is 10.5 Å². The van der Waals surface area contributed by atoms with Crippen molar-refractivity contribution in [2.45, 2.75) is 31.7 Å². The van der Waals surface area contributed by atoms with Crippen LogP contribution in [-0.4, -0.2) is 7.11 Å². The van der Waals surface area contributed by atoms with Gasteiger partial charge in [-0.2, -0.15) is 0 Å². The highest BCUT2D eigenvalue weighted by Gasteiger charge is 2.19. The number of hydrogen-bond donors (Lipinski definition) is 1. The van der Waals surface area contributed by atoms with Gasteiger partial charge >= 0.3 is 0 Å². The van der Waals surface area contributed by atoms with Gasteiger partial charge in [0.25, 0.3) is 0 Å². The van der Waals surface area contributed by atoms with E-state index in [1.54, 1.807) is 12.0 Å². The van der Waals surface area contributed by atoms with Crippen LogP contribution in [0.4, 0.5) is 0 Å². The molecule has 0 amide bonds. The number of para-hydroxylation sites is 1. The maximum absolute atomic E-state index is 6.37. The molecule has 2 nitrogen and oxygen atoms in total. The molecule has 1 unspecified atom stereocenters. The zero-order chi connectivity index (χ0) is 13.2. The van der Waals surface area contributed by atoms with Crippen LogP contribution in [0, 0.1) is 0 Å². The number of ether oxygens (including phenoxy) is 1. The van der Waals surface area contributed by atoms with Gasteiger partial charge in [-0.05, 0) is 48.9 Å². The molecule has 1 atom stereocenters. The first-order chi connectivity index (χ1) is 9.28. The number of rotatable bonds is 4. The van der Waals surface area contributed by atoms with Crippen molar-refractivity contribution in [3.05, 3.63) is 51.2 Å². The third-order valence-electron chi connectivity index (χ3n) is 3.76. The highest BCUT2D eigenvalue weighted by molar-refractivity contribution is 7.12. The van der Waals surface area contributed by atoms with Crippen molar-refractivity contribution < 1.29 is 4.74 Å². The van der Waals surface area contributed by atoms with Gasteiger partial charge in [0.1, 0.15) is 5.75 Å². The fourth-order valence-electron chi connectivity index (χ4n) is 2.74. The van der Waals surface area contributed by atoms with Crippen LogP contribution >= 0.6 is 11.3 Å². The number of nitrogens with two attached hydrogens (primary N) is 1. The standard InChI is InChI=1S/C16H19NOS/c1-18-14-7-3-2-5-11(14)9-13(17)16-10-12-6-4-8-15(12)19-16/h2-3,5,7,10,13H,4,6,8-9,17H2,1H3. The highest BCUT2D eigenvalue weighted by atomic mass is 32.1. The molecule has 0 saturated carbocycles. The first kappa shape index (κ1) is 12.7. The predicted octanol–water partition coefficient (Wildman–Crippen LogP) is 3.49. The number of benzene rings is 1. The van der Waals surface area contributed by atoms with Crippen molar-refractivity contribution in [1.82, 2.24) is 0 Å². The van der Waals surface area contributed by atoms with E-state index >= 15 is 0 Å². The van der Waals surface area contributed by atoms with Crippen molar-refractivity contribution in [3.8, 4) is 5.75 Å². The molecule has 0 radical (unpaired) electrons. The third kappa shape index (κ3) is 2.53. The predicted molar refractivity (Wildman–Crippen MR) is 80.0 cm³/mol. The Morgan fingerprint density at radius 3 is 2.95 bits per heavy atom. The van der Waals surface area contributed by atoms with Gasteiger partial charge < -0.3 is 10.5 Å². The molecule has 2 aromatic rings. The lowest BCUT2D eigenvalue weighted by atomic mass is 10.0. The molecule has 0 bridgehead atoms. The molecule has 0 aliphatic heterocycles. The number of fused-ring (bicyclic) bond motifs is 1. The maximum Gasteiger partial charge on any atom is 0.122 e. The molecular formula is C16H19NOS. The molecule has 1 heterocycles. The first-order valence-corrected chi connectivity index (χ1v) is 7.58. The second-order valence-corrected chi connectivity index (χ2v) is 6.24. The molecule has 3 heteroatoms. The van der Waals surface area contributed by atoms with Crippen LogP contribution in [-0.2, 0) is 19.3 Å². The molecule has 1 aliphatic rings. The van der Waals surface area contributed by atoms with Crippen LogP contribution in [0.1, 0.15) is 33.3 Å². The van der Waals surface area contributed by atoms with E-state index in [0.717, 1.165) is 12.2 Å². The van der Waals surface area contributed by atoms with Gasteiger partial charge in [0.2, 0.25) is 0 Å². The molecule has 1 aliphatic carbocycles. The second-order valence-electron chi connectivity index (χ2n) is 5.07. The minimum Gasteiger partial charge on any atom is -0.496 e. The minimum atomic E-state index is 0.0758. The molecule has 1 aromatic heterocycles. The summed E-state index contributed by atoms with van der Waals surface area (Å²) in [5.74, 6) is 0.932. The normalized spacial score (nSPS) is 15.3. The number of hydrogen-bond acceptors (Lipinski definition) is 3. The van der Waals surface area contributed by atoms with Gasteiger partial charge in [-0.1, -0.05) is 18.2 Å². The molecule has 19 heavy (non-hydrogen) atoms. The lowest BCUT2D eigenvalue weighted by molar-refractivity contribution is 0.408. The lowest BCUT2D eigenvalue weighted by Gasteiger charge is -2.13. The molecule has 0 saturated heterocycles. The second kappa shape index (κ2) is 5.35. The van der Waals surface area contributed by atoms with Gasteiger partial charge in [0.15, 0.2) is 0 Å². The Labute approximate surface area is 118 Å². The van der Waals surface area contributed by atoms with Crippen LogP contribution in [0.25, 0.3) is 0 Å². The van der Waals surface area contributed by atoms with E-state index in [1.165, 1.54) is 35.3 Å². The van der Waals surface area contributed by atoms with Gasteiger partial charge in [0, 0.05) is 15.8 Å². The van der Waals surface area contributed by atoms with Crippen molar-refractivity contribution >= 4 is 11.3 Å². The minimum absolute atomic E-state index is 0.0758. The molecule has 0 fully saturated rings. The van der Waals surface area contributed by atoms with E-state index < -0.39 is 0 Å². The quantitative estimate of drug-likeness (QED) is 0.925. The summed E-state index contributed by atoms with van der Waals surface area (Å²) in [5.41, 5.74) is 9.08. The van der Waals surface area contributed by atoms with E-state index in [9.17, 15) is 0 Å². The topological polar surface area (TPSA) is 35.2 Å². The van der Waals surface area contributed by atoms with E-state index in [1.807, 2.05) is 29.5 Å². The fourth-order valence-corrected chi connectivity index (χ4v) is 4.00. The molecule has 0 spiro atoms. The largest absolute Gasteiger partial charge is 0.496 e. The zero-order valence-electron chi connectivity index (χ0n) is 11.2. The summed E-state index contributed by atoms with van der Waals surface area (Å²) in [6, 6.07) is 10.5. The molecule has 100 valence electrons. The van der Waals surface area contributed by atoms with E-state index in [-0.39, 0.29) is 6.04 Å². The molecular weight excluding hydrogens is 254 g/mol. The van der Waals surface area contributed by atoms with Crippen LogP contribution in [0.2, 0.25) is 0 Å². The summed E-state index contributed by atoms with van der Waals surface area (Å²) in [6.07, 6.45) is 4.61. The average Bonchev–Trinajstić information content (AvgIpc) is 3.00. The van der Waals surface area contributed by atoms with Gasteiger partial charge in [-0.15, -0.1) is 11.3 Å². The Morgan fingerprint density at radius 1 is 1.32 bits per heavy atom. The van der Waals surface area contributed by atoms with E-state index in [0.29, 0.717) is 0 Å². The Balaban J connectivity index is 1.78. The smallest absolute Gasteiger partial charge is 0.122 e. The van der Waals surface area contributed by atoms with E-state index in [4.69, 9.17) is 10.5 Å². The molecule has 2 N–H and O–H groups in total. The maximum atomic E-state index is 6.37. The van der Waals surface area contributed by atoms with Crippen LogP contribution in [0.15, 0.2) is 30.3 Å². The third-order valence-corrected chi connectivity index (χ3v) is 5.13. The van der Waals surface area contributed by atoms with E-state index in [2.05, 4.69) is 12.1 Å². The first-order valence-electron chi connectivity index (χ1n) is 6.77. The number of methoxy groups -OCH3 is 1. The summed E-state index contributed by atoms with van der Waals surface area (Å²) >= 11 is 1.90. The summed E-state index contributed by atoms with van der Waals surface area (Å²) in [7, 11) is 1.71. The lowest BCUT2D eigenvalue weighted by Crippen LogP contribution is -2.12. The fraction of sp³-hybridized carbons (Fsp3) is 0.375. The van der Waals surface area contributed by atoms with Crippen LogP contribution in [0.5, 0.6) is 5.75 Å². The molecule has 3 rings (SSSR count). The van der Waals surface area contributed by atoms with Gasteiger partial charge in [-0.3, -0.25) is 0 Å². The summed E-state index contributed by atoms with van der Waals surface area (Å²) in [4.78, 5) is 2.86. The Hall–Kier alpha value is -1.32. The number of thiophene rings is 1. The van der Waals surface area contributed by atoms with Crippen molar-refractivity contribution in [3.63, 3.8) is 0 Å².